The van der Waals surface area contributed by atoms with Crippen LogP contribution in [0.5, 0.6) is 0 Å². The monoisotopic (exact) mass is 260 g/mol. The molecule has 0 amide bonds. The number of rotatable bonds is 5. The van der Waals surface area contributed by atoms with Crippen molar-refractivity contribution in [2.45, 2.75) is 33.2 Å². The minimum absolute atomic E-state index is 0.401. The van der Waals surface area contributed by atoms with E-state index in [1.807, 2.05) is 5.51 Å². The third kappa shape index (κ3) is 3.40. The average Bonchev–Trinajstić information content (AvgIpc) is 2.75. The molecule has 18 heavy (non-hydrogen) atoms. The number of nitrogens with zero attached hydrogens (tertiary/aromatic N) is 1. The Bertz CT molecular complexity index is 505. The van der Waals surface area contributed by atoms with Crippen LogP contribution in [0.4, 0.5) is 0 Å². The molecule has 2 rings (SSSR count). The molecule has 0 unspecified atom stereocenters. The van der Waals surface area contributed by atoms with Gasteiger partial charge in [-0.1, -0.05) is 29.8 Å². The number of aryl methyl sites for hydroxylation is 2. The fraction of sp³-hybridized carbons (Fsp3) is 0.400. The molecule has 96 valence electrons. The van der Waals surface area contributed by atoms with Crippen LogP contribution in [0.15, 0.2) is 29.8 Å². The number of hydrogen-bond donors (Lipinski definition) is 1. The number of thiazole rings is 1. The molecule has 0 aliphatic carbocycles. The average molecular weight is 260 g/mol. The highest BCUT2D eigenvalue weighted by Gasteiger charge is 2.06. The van der Waals surface area contributed by atoms with Gasteiger partial charge in [0, 0.05) is 17.5 Å². The van der Waals surface area contributed by atoms with E-state index in [0.717, 1.165) is 13.0 Å². The minimum Gasteiger partial charge on any atom is -0.310 e. The molecule has 0 spiro atoms. The third-order valence-corrected chi connectivity index (χ3v) is 4.18. The molecule has 0 bridgehead atoms. The van der Waals surface area contributed by atoms with Gasteiger partial charge in [0.15, 0.2) is 0 Å². The molecular formula is C15H20N2S. The van der Waals surface area contributed by atoms with Crippen LogP contribution in [0, 0.1) is 13.8 Å². The van der Waals surface area contributed by atoms with Crippen LogP contribution < -0.4 is 5.32 Å². The van der Waals surface area contributed by atoms with Crippen LogP contribution in [-0.4, -0.2) is 11.5 Å². The Balaban J connectivity index is 1.85. The van der Waals surface area contributed by atoms with Gasteiger partial charge in [-0.25, -0.2) is 4.98 Å². The summed E-state index contributed by atoms with van der Waals surface area (Å²) in [6, 6.07) is 9.09. The first-order valence-corrected chi connectivity index (χ1v) is 7.23. The summed E-state index contributed by atoms with van der Waals surface area (Å²) in [5, 5.41) is 3.57. The zero-order valence-corrected chi connectivity index (χ0v) is 12.1. The second-order valence-electron chi connectivity index (χ2n) is 4.70. The van der Waals surface area contributed by atoms with E-state index in [2.05, 4.69) is 55.3 Å². The second-order valence-corrected chi connectivity index (χ2v) is 5.64. The first-order valence-electron chi connectivity index (χ1n) is 6.35. The van der Waals surface area contributed by atoms with Crippen LogP contribution in [0.3, 0.4) is 0 Å². The van der Waals surface area contributed by atoms with Gasteiger partial charge < -0.3 is 5.32 Å². The van der Waals surface area contributed by atoms with E-state index < -0.39 is 0 Å². The quantitative estimate of drug-likeness (QED) is 0.887. The molecule has 0 aliphatic rings. The van der Waals surface area contributed by atoms with Gasteiger partial charge in [-0.15, -0.1) is 11.3 Å². The van der Waals surface area contributed by atoms with Gasteiger partial charge in [0.1, 0.15) is 0 Å². The Labute approximate surface area is 113 Å². The summed E-state index contributed by atoms with van der Waals surface area (Å²) in [6.45, 7) is 7.43. The van der Waals surface area contributed by atoms with Gasteiger partial charge in [0.05, 0.1) is 11.2 Å². The maximum Gasteiger partial charge on any atom is 0.0797 e. The van der Waals surface area contributed by atoms with Gasteiger partial charge in [-0.2, -0.15) is 0 Å². The Morgan fingerprint density at radius 2 is 2.17 bits per heavy atom. The summed E-state index contributed by atoms with van der Waals surface area (Å²) >= 11 is 1.75. The highest BCUT2D eigenvalue weighted by atomic mass is 32.1. The van der Waals surface area contributed by atoms with Crippen LogP contribution in [-0.2, 0) is 6.42 Å². The van der Waals surface area contributed by atoms with Crippen molar-refractivity contribution in [2.24, 2.45) is 0 Å². The van der Waals surface area contributed by atoms with E-state index >= 15 is 0 Å². The maximum absolute atomic E-state index is 4.27. The van der Waals surface area contributed by atoms with Crippen molar-refractivity contribution in [3.05, 3.63) is 51.5 Å². The molecule has 0 saturated carbocycles. The van der Waals surface area contributed by atoms with Crippen molar-refractivity contribution < 1.29 is 0 Å². The smallest absolute Gasteiger partial charge is 0.0797 e. The summed E-state index contributed by atoms with van der Waals surface area (Å²) in [7, 11) is 0. The van der Waals surface area contributed by atoms with E-state index in [4.69, 9.17) is 0 Å². The van der Waals surface area contributed by atoms with Crippen molar-refractivity contribution in [1.29, 1.82) is 0 Å². The number of hydrogen-bond acceptors (Lipinski definition) is 3. The molecular weight excluding hydrogens is 240 g/mol. The van der Waals surface area contributed by atoms with Gasteiger partial charge in [0.2, 0.25) is 0 Å². The van der Waals surface area contributed by atoms with Crippen LogP contribution in [0.2, 0.25) is 0 Å². The predicted molar refractivity (Wildman–Crippen MR) is 78.2 cm³/mol. The topological polar surface area (TPSA) is 24.9 Å². The molecule has 3 heteroatoms. The highest BCUT2D eigenvalue weighted by Crippen LogP contribution is 2.15. The molecule has 2 nitrogen and oxygen atoms in total. The largest absolute Gasteiger partial charge is 0.310 e. The van der Waals surface area contributed by atoms with Crippen molar-refractivity contribution in [3.63, 3.8) is 0 Å². The van der Waals surface area contributed by atoms with Gasteiger partial charge in [0.25, 0.3) is 0 Å². The Morgan fingerprint density at radius 1 is 1.33 bits per heavy atom. The van der Waals surface area contributed by atoms with Crippen molar-refractivity contribution in [3.8, 4) is 0 Å². The normalized spacial score (nSPS) is 12.6. The fourth-order valence-corrected chi connectivity index (χ4v) is 2.81. The Hall–Kier alpha value is -1.19. The molecule has 1 heterocycles. The molecule has 1 N–H and O–H groups in total. The summed E-state index contributed by atoms with van der Waals surface area (Å²) in [5.74, 6) is 0. The van der Waals surface area contributed by atoms with E-state index in [1.54, 1.807) is 11.3 Å². The molecule has 0 saturated heterocycles. The van der Waals surface area contributed by atoms with E-state index in [1.165, 1.54) is 21.7 Å². The molecule has 0 radical (unpaired) electrons. The number of aromatic nitrogens is 1. The van der Waals surface area contributed by atoms with Gasteiger partial charge >= 0.3 is 0 Å². The lowest BCUT2D eigenvalue weighted by atomic mass is 10.1. The highest BCUT2D eigenvalue weighted by molar-refractivity contribution is 7.09. The van der Waals surface area contributed by atoms with E-state index in [-0.39, 0.29) is 0 Å². The van der Waals surface area contributed by atoms with Crippen molar-refractivity contribution in [1.82, 2.24) is 10.3 Å². The summed E-state index contributed by atoms with van der Waals surface area (Å²) in [4.78, 5) is 5.66. The standard InChI is InChI=1S/C15H20N2S/c1-11-5-4-6-14(9-11)12(2)16-8-7-15-13(3)17-10-18-15/h4-6,9-10,12,16H,7-8H2,1-3H3/t12-/m0/s1. The predicted octanol–water partition coefficient (Wildman–Crippen LogP) is 3.65. The zero-order chi connectivity index (χ0) is 13.0. The van der Waals surface area contributed by atoms with Crippen molar-refractivity contribution in [2.75, 3.05) is 6.54 Å². The molecule has 0 fully saturated rings. The zero-order valence-electron chi connectivity index (χ0n) is 11.2. The Kier molecular flexibility index (Phi) is 4.50. The van der Waals surface area contributed by atoms with Gasteiger partial charge in [-0.05, 0) is 32.8 Å². The third-order valence-electron chi connectivity index (χ3n) is 3.19. The lowest BCUT2D eigenvalue weighted by Gasteiger charge is -2.14. The number of nitrogens with one attached hydrogen (secondary N) is 1. The first kappa shape index (κ1) is 13.2. The molecule has 1 aromatic heterocycles. The first-order chi connectivity index (χ1) is 8.66. The summed E-state index contributed by atoms with van der Waals surface area (Å²) < 4.78 is 0. The molecule has 1 aromatic carbocycles. The number of benzene rings is 1. The van der Waals surface area contributed by atoms with Crippen LogP contribution in [0.25, 0.3) is 0 Å². The second kappa shape index (κ2) is 6.12. The van der Waals surface area contributed by atoms with Crippen LogP contribution in [0.1, 0.15) is 34.7 Å². The molecule has 2 aromatic rings. The van der Waals surface area contributed by atoms with Crippen molar-refractivity contribution >= 4 is 11.3 Å². The van der Waals surface area contributed by atoms with E-state index in [9.17, 15) is 0 Å². The lowest BCUT2D eigenvalue weighted by Crippen LogP contribution is -2.21. The maximum atomic E-state index is 4.27. The minimum atomic E-state index is 0.401. The van der Waals surface area contributed by atoms with Gasteiger partial charge in [-0.3, -0.25) is 0 Å². The molecule has 1 atom stereocenters. The van der Waals surface area contributed by atoms with E-state index in [0.29, 0.717) is 6.04 Å². The lowest BCUT2D eigenvalue weighted by molar-refractivity contribution is 0.577. The Morgan fingerprint density at radius 3 is 2.83 bits per heavy atom. The SMILES string of the molecule is Cc1cccc([C@H](C)NCCc2scnc2C)c1. The fourth-order valence-electron chi connectivity index (χ4n) is 2.03. The molecule has 0 aliphatic heterocycles. The van der Waals surface area contributed by atoms with Crippen LogP contribution >= 0.6 is 11.3 Å². The summed E-state index contributed by atoms with van der Waals surface area (Å²) in [5.41, 5.74) is 5.77. The summed E-state index contributed by atoms with van der Waals surface area (Å²) in [6.07, 6.45) is 1.06.